The van der Waals surface area contributed by atoms with Crippen molar-refractivity contribution in [3.8, 4) is 0 Å². The van der Waals surface area contributed by atoms with Crippen molar-refractivity contribution < 1.29 is 4.39 Å². The van der Waals surface area contributed by atoms with Gasteiger partial charge in [-0.2, -0.15) is 0 Å². The zero-order valence-corrected chi connectivity index (χ0v) is 8.29. The molecule has 0 unspecified atom stereocenters. The van der Waals surface area contributed by atoms with Crippen molar-refractivity contribution in [2.24, 2.45) is 0 Å². The molecule has 1 nitrogen and oxygen atoms in total. The Morgan fingerprint density at radius 1 is 1.54 bits per heavy atom. The molecule has 0 atom stereocenters. The number of para-hydroxylation sites is 1. The van der Waals surface area contributed by atoms with Crippen LogP contribution in [0.3, 0.4) is 0 Å². The van der Waals surface area contributed by atoms with E-state index >= 15 is 0 Å². The summed E-state index contributed by atoms with van der Waals surface area (Å²) < 4.78 is 13.1. The predicted octanol–water partition coefficient (Wildman–Crippen LogP) is 3.64. The standard InChI is InChI=1S/C9H8Cl2FN/c1-6(10)5-13-9-7(11)3-2-4-8(9)12/h2-4,13H,1,5H2. The van der Waals surface area contributed by atoms with Gasteiger partial charge in [-0.05, 0) is 12.1 Å². The molecular weight excluding hydrogens is 212 g/mol. The molecule has 4 heteroatoms. The fourth-order valence-corrected chi connectivity index (χ4v) is 1.15. The molecule has 0 bridgehead atoms. The Morgan fingerprint density at radius 3 is 2.77 bits per heavy atom. The molecule has 70 valence electrons. The third-order valence-corrected chi connectivity index (χ3v) is 1.87. The maximum absolute atomic E-state index is 13.1. The van der Waals surface area contributed by atoms with Crippen LogP contribution >= 0.6 is 23.2 Å². The monoisotopic (exact) mass is 219 g/mol. The van der Waals surface area contributed by atoms with Gasteiger partial charge in [-0.1, -0.05) is 35.8 Å². The van der Waals surface area contributed by atoms with Gasteiger partial charge in [0.1, 0.15) is 5.82 Å². The number of nitrogens with one attached hydrogen (secondary N) is 1. The molecule has 0 saturated heterocycles. The van der Waals surface area contributed by atoms with Crippen molar-refractivity contribution in [3.63, 3.8) is 0 Å². The highest BCUT2D eigenvalue weighted by Crippen LogP contribution is 2.24. The lowest BCUT2D eigenvalue weighted by molar-refractivity contribution is 0.631. The molecule has 1 N–H and O–H groups in total. The van der Waals surface area contributed by atoms with Crippen molar-refractivity contribution in [2.75, 3.05) is 11.9 Å². The second-order valence-electron chi connectivity index (χ2n) is 2.47. The number of halogens is 3. The molecule has 0 aromatic heterocycles. The maximum atomic E-state index is 13.1. The van der Waals surface area contributed by atoms with Crippen molar-refractivity contribution in [1.29, 1.82) is 0 Å². The van der Waals surface area contributed by atoms with Crippen LogP contribution in [0.25, 0.3) is 0 Å². The second kappa shape index (κ2) is 4.49. The van der Waals surface area contributed by atoms with Crippen molar-refractivity contribution in [2.45, 2.75) is 0 Å². The molecule has 0 radical (unpaired) electrons. The summed E-state index contributed by atoms with van der Waals surface area (Å²) in [5.74, 6) is -0.398. The Labute approximate surface area is 86.2 Å². The summed E-state index contributed by atoms with van der Waals surface area (Å²) in [6.45, 7) is 3.76. The van der Waals surface area contributed by atoms with Crippen molar-refractivity contribution in [3.05, 3.63) is 40.7 Å². The Bertz CT molecular complexity index is 305. The largest absolute Gasteiger partial charge is 0.377 e. The summed E-state index contributed by atoms with van der Waals surface area (Å²) in [4.78, 5) is 0. The van der Waals surface area contributed by atoms with Gasteiger partial charge in [0, 0.05) is 5.03 Å². The van der Waals surface area contributed by atoms with E-state index in [0.29, 0.717) is 16.6 Å². The van der Waals surface area contributed by atoms with Crippen LogP contribution in [0, 0.1) is 5.82 Å². The number of rotatable bonds is 3. The fraction of sp³-hybridized carbons (Fsp3) is 0.111. The van der Waals surface area contributed by atoms with E-state index in [0.717, 1.165) is 0 Å². The quantitative estimate of drug-likeness (QED) is 0.819. The highest BCUT2D eigenvalue weighted by molar-refractivity contribution is 6.33. The van der Waals surface area contributed by atoms with E-state index in [1.54, 1.807) is 12.1 Å². The van der Waals surface area contributed by atoms with E-state index < -0.39 is 5.82 Å². The Hall–Kier alpha value is -0.730. The SMILES string of the molecule is C=C(Cl)CNc1c(F)cccc1Cl. The molecule has 1 aromatic rings. The van der Waals surface area contributed by atoms with E-state index in [2.05, 4.69) is 11.9 Å². The van der Waals surface area contributed by atoms with Crippen LogP contribution in [-0.4, -0.2) is 6.54 Å². The number of hydrogen-bond acceptors (Lipinski definition) is 1. The van der Waals surface area contributed by atoms with Crippen LogP contribution in [0.4, 0.5) is 10.1 Å². The molecule has 1 aromatic carbocycles. The van der Waals surface area contributed by atoms with Crippen LogP contribution in [0.15, 0.2) is 29.8 Å². The minimum absolute atomic E-state index is 0.256. The van der Waals surface area contributed by atoms with Gasteiger partial charge in [-0.3, -0.25) is 0 Å². The zero-order valence-electron chi connectivity index (χ0n) is 6.78. The van der Waals surface area contributed by atoms with Gasteiger partial charge in [0.25, 0.3) is 0 Å². The maximum Gasteiger partial charge on any atom is 0.147 e. The van der Waals surface area contributed by atoms with Gasteiger partial charge in [-0.15, -0.1) is 0 Å². The minimum atomic E-state index is -0.398. The third-order valence-electron chi connectivity index (χ3n) is 1.42. The lowest BCUT2D eigenvalue weighted by Crippen LogP contribution is -2.03. The van der Waals surface area contributed by atoms with Crippen LogP contribution in [-0.2, 0) is 0 Å². The van der Waals surface area contributed by atoms with Crippen molar-refractivity contribution in [1.82, 2.24) is 0 Å². The predicted molar refractivity (Wildman–Crippen MR) is 54.9 cm³/mol. The van der Waals surface area contributed by atoms with Gasteiger partial charge in [0.15, 0.2) is 0 Å². The van der Waals surface area contributed by atoms with E-state index in [4.69, 9.17) is 23.2 Å². The average Bonchev–Trinajstić information content (AvgIpc) is 2.03. The summed E-state index contributed by atoms with van der Waals surface area (Å²) in [6, 6.07) is 4.47. The van der Waals surface area contributed by atoms with E-state index in [9.17, 15) is 4.39 Å². The molecule has 13 heavy (non-hydrogen) atoms. The summed E-state index contributed by atoms with van der Waals surface area (Å²) in [5.41, 5.74) is 0.256. The lowest BCUT2D eigenvalue weighted by atomic mass is 10.3. The normalized spacial score (nSPS) is 9.77. The van der Waals surface area contributed by atoms with E-state index in [1.807, 2.05) is 0 Å². The smallest absolute Gasteiger partial charge is 0.147 e. The topological polar surface area (TPSA) is 12.0 Å². The van der Waals surface area contributed by atoms with E-state index in [1.165, 1.54) is 6.07 Å². The molecule has 0 spiro atoms. The molecule has 0 fully saturated rings. The second-order valence-corrected chi connectivity index (χ2v) is 3.41. The Kier molecular flexibility index (Phi) is 3.58. The lowest BCUT2D eigenvalue weighted by Gasteiger charge is -2.07. The van der Waals surface area contributed by atoms with Crippen LogP contribution in [0.5, 0.6) is 0 Å². The zero-order chi connectivity index (χ0) is 9.84. The first-order valence-electron chi connectivity index (χ1n) is 3.62. The Morgan fingerprint density at radius 2 is 2.23 bits per heavy atom. The fourth-order valence-electron chi connectivity index (χ4n) is 0.851. The molecule has 0 aliphatic heterocycles. The molecule has 0 saturated carbocycles. The highest BCUT2D eigenvalue weighted by atomic mass is 35.5. The van der Waals surface area contributed by atoms with E-state index in [-0.39, 0.29) is 5.69 Å². The first-order chi connectivity index (χ1) is 6.11. The molecule has 0 amide bonds. The van der Waals surface area contributed by atoms with Crippen LogP contribution in [0.2, 0.25) is 5.02 Å². The average molecular weight is 220 g/mol. The van der Waals surface area contributed by atoms with Crippen LogP contribution < -0.4 is 5.32 Å². The molecule has 0 heterocycles. The number of hydrogen-bond donors (Lipinski definition) is 1. The summed E-state index contributed by atoms with van der Waals surface area (Å²) in [7, 11) is 0. The molecule has 0 aliphatic rings. The van der Waals surface area contributed by atoms with Crippen LogP contribution in [0.1, 0.15) is 0 Å². The first kappa shape index (κ1) is 10.4. The summed E-state index contributed by atoms with van der Waals surface area (Å²) in [6.07, 6.45) is 0. The first-order valence-corrected chi connectivity index (χ1v) is 4.38. The number of anilines is 1. The van der Waals surface area contributed by atoms with Gasteiger partial charge < -0.3 is 5.32 Å². The van der Waals surface area contributed by atoms with Gasteiger partial charge in [0.05, 0.1) is 17.3 Å². The Balaban J connectivity index is 2.81. The number of benzene rings is 1. The third kappa shape index (κ3) is 2.90. The summed E-state index contributed by atoms with van der Waals surface area (Å²) in [5, 5.41) is 3.48. The van der Waals surface area contributed by atoms with Crippen molar-refractivity contribution >= 4 is 28.9 Å². The van der Waals surface area contributed by atoms with Gasteiger partial charge in [-0.25, -0.2) is 4.39 Å². The highest BCUT2D eigenvalue weighted by Gasteiger charge is 2.05. The molecular formula is C9H8Cl2FN. The molecule has 1 rings (SSSR count). The van der Waals surface area contributed by atoms with Gasteiger partial charge >= 0.3 is 0 Å². The minimum Gasteiger partial charge on any atom is -0.377 e. The van der Waals surface area contributed by atoms with Gasteiger partial charge in [0.2, 0.25) is 0 Å². The molecule has 0 aliphatic carbocycles. The summed E-state index contributed by atoms with van der Waals surface area (Å²) >= 11 is 11.2.